The van der Waals surface area contributed by atoms with Crippen LogP contribution in [-0.4, -0.2) is 26.5 Å². The number of nitrogens with two attached hydrogens (primary N) is 1. The van der Waals surface area contributed by atoms with Crippen molar-refractivity contribution in [2.24, 2.45) is 5.14 Å². The third-order valence-electron chi connectivity index (χ3n) is 2.36. The Morgan fingerprint density at radius 1 is 1.40 bits per heavy atom. The molecule has 1 aromatic rings. The predicted molar refractivity (Wildman–Crippen MR) is 58.8 cm³/mol. The van der Waals surface area contributed by atoms with Crippen LogP contribution in [0, 0.1) is 0 Å². The molecule has 0 saturated carbocycles. The summed E-state index contributed by atoms with van der Waals surface area (Å²) in [6.07, 6.45) is 3.18. The highest BCUT2D eigenvalue weighted by Gasteiger charge is 2.20. The molecule has 15 heavy (non-hydrogen) atoms. The molecular weight excluding hydrogens is 214 g/mol. The molecule has 1 heterocycles. The van der Waals surface area contributed by atoms with Crippen LogP contribution in [0.4, 0.5) is 0 Å². The molecule has 0 saturated heterocycles. The maximum absolute atomic E-state index is 11.1. The standard InChI is InChI=1S/C9H15N3O2S/c1-6(7(2)15(10)13)9-11-4-8(14-3)5-12-9/h4-7H,10H2,1-3H3. The van der Waals surface area contributed by atoms with Crippen LogP contribution in [0.25, 0.3) is 0 Å². The number of ether oxygens (including phenoxy) is 1. The van der Waals surface area contributed by atoms with Crippen LogP contribution in [0.3, 0.4) is 0 Å². The van der Waals surface area contributed by atoms with Crippen molar-refractivity contribution in [2.75, 3.05) is 7.11 Å². The van der Waals surface area contributed by atoms with Gasteiger partial charge in [-0.1, -0.05) is 6.92 Å². The van der Waals surface area contributed by atoms with Gasteiger partial charge in [0.15, 0.2) is 5.75 Å². The molecule has 0 spiro atoms. The number of hydrogen-bond acceptors (Lipinski definition) is 4. The lowest BCUT2D eigenvalue weighted by Crippen LogP contribution is -2.25. The summed E-state index contributed by atoms with van der Waals surface area (Å²) in [5, 5.41) is 5.15. The number of aromatic nitrogens is 2. The van der Waals surface area contributed by atoms with Crippen molar-refractivity contribution in [1.29, 1.82) is 0 Å². The van der Waals surface area contributed by atoms with Crippen molar-refractivity contribution in [3.05, 3.63) is 18.2 Å². The van der Waals surface area contributed by atoms with Crippen molar-refractivity contribution >= 4 is 11.0 Å². The third kappa shape index (κ3) is 2.97. The molecule has 0 aliphatic rings. The van der Waals surface area contributed by atoms with E-state index in [-0.39, 0.29) is 11.2 Å². The Balaban J connectivity index is 2.82. The smallest absolute Gasteiger partial charge is 0.155 e. The summed E-state index contributed by atoms with van der Waals surface area (Å²) >= 11 is 0. The molecule has 5 nitrogen and oxygen atoms in total. The van der Waals surface area contributed by atoms with Gasteiger partial charge in [0.05, 0.1) is 35.7 Å². The quantitative estimate of drug-likeness (QED) is 0.820. The molecule has 84 valence electrons. The van der Waals surface area contributed by atoms with E-state index in [1.807, 2.05) is 13.8 Å². The zero-order chi connectivity index (χ0) is 11.4. The molecule has 3 atom stereocenters. The fraction of sp³-hybridized carbons (Fsp3) is 0.556. The molecule has 0 aliphatic carbocycles. The number of hydrogen-bond donors (Lipinski definition) is 1. The summed E-state index contributed by atoms with van der Waals surface area (Å²) in [7, 11) is 0.196. The minimum Gasteiger partial charge on any atom is -0.494 e. The topological polar surface area (TPSA) is 78.1 Å². The first kappa shape index (κ1) is 12.1. The minimum absolute atomic E-state index is 0.0401. The summed E-state index contributed by atoms with van der Waals surface area (Å²) in [6.45, 7) is 3.71. The molecule has 1 rings (SSSR count). The first-order valence-corrected chi connectivity index (χ1v) is 5.84. The van der Waals surface area contributed by atoms with Crippen LogP contribution >= 0.6 is 0 Å². The van der Waals surface area contributed by atoms with Crippen molar-refractivity contribution in [1.82, 2.24) is 9.97 Å². The molecule has 0 aromatic carbocycles. The fourth-order valence-electron chi connectivity index (χ4n) is 1.08. The second-order valence-electron chi connectivity index (χ2n) is 3.30. The normalized spacial score (nSPS) is 16.8. The number of nitrogens with zero attached hydrogens (tertiary/aromatic N) is 2. The molecule has 0 fully saturated rings. The lowest BCUT2D eigenvalue weighted by atomic mass is 10.1. The third-order valence-corrected chi connectivity index (χ3v) is 3.50. The molecule has 0 bridgehead atoms. The highest BCUT2D eigenvalue weighted by molar-refractivity contribution is 7.83. The van der Waals surface area contributed by atoms with Gasteiger partial charge in [-0.05, 0) is 6.92 Å². The van der Waals surface area contributed by atoms with E-state index in [1.54, 1.807) is 19.5 Å². The Morgan fingerprint density at radius 2 is 1.93 bits per heavy atom. The van der Waals surface area contributed by atoms with E-state index in [4.69, 9.17) is 9.88 Å². The molecular formula is C9H15N3O2S. The van der Waals surface area contributed by atoms with Gasteiger partial charge in [-0.2, -0.15) is 0 Å². The SMILES string of the molecule is COc1cnc(C(C)C(C)S(N)=O)nc1. The van der Waals surface area contributed by atoms with Gasteiger partial charge in [0.1, 0.15) is 5.82 Å². The summed E-state index contributed by atoms with van der Waals surface area (Å²) < 4.78 is 16.0. The van der Waals surface area contributed by atoms with Crippen LogP contribution in [0.1, 0.15) is 25.6 Å². The Bertz CT molecular complexity index is 342. The molecule has 2 N–H and O–H groups in total. The largest absolute Gasteiger partial charge is 0.494 e. The molecule has 0 amide bonds. The van der Waals surface area contributed by atoms with E-state index in [0.29, 0.717) is 11.6 Å². The Kier molecular flexibility index (Phi) is 4.16. The fourth-order valence-corrected chi connectivity index (χ4v) is 1.60. The summed E-state index contributed by atoms with van der Waals surface area (Å²) in [5.74, 6) is 1.19. The van der Waals surface area contributed by atoms with Gasteiger partial charge >= 0.3 is 0 Å². The summed E-state index contributed by atoms with van der Waals surface area (Å²) in [4.78, 5) is 8.25. The van der Waals surface area contributed by atoms with Crippen molar-refractivity contribution in [2.45, 2.75) is 25.0 Å². The number of rotatable bonds is 4. The lowest BCUT2D eigenvalue weighted by Gasteiger charge is -2.15. The average Bonchev–Trinajstić information content (AvgIpc) is 2.27. The Morgan fingerprint density at radius 3 is 2.33 bits per heavy atom. The second kappa shape index (κ2) is 5.18. The van der Waals surface area contributed by atoms with E-state index in [1.165, 1.54) is 0 Å². The summed E-state index contributed by atoms with van der Waals surface area (Å²) in [6, 6.07) is 0. The van der Waals surface area contributed by atoms with Gasteiger partial charge in [-0.15, -0.1) is 0 Å². The predicted octanol–water partition coefficient (Wildman–Crippen LogP) is 0.600. The van der Waals surface area contributed by atoms with Crippen LogP contribution < -0.4 is 9.88 Å². The van der Waals surface area contributed by atoms with Crippen LogP contribution in [-0.2, 0) is 11.0 Å². The van der Waals surface area contributed by atoms with Gasteiger partial charge < -0.3 is 4.74 Å². The van der Waals surface area contributed by atoms with Gasteiger partial charge in [0.25, 0.3) is 0 Å². The van der Waals surface area contributed by atoms with E-state index in [0.717, 1.165) is 0 Å². The van der Waals surface area contributed by atoms with Gasteiger partial charge in [0, 0.05) is 5.92 Å². The van der Waals surface area contributed by atoms with E-state index < -0.39 is 11.0 Å². The van der Waals surface area contributed by atoms with Crippen LogP contribution in [0.15, 0.2) is 12.4 Å². The zero-order valence-electron chi connectivity index (χ0n) is 9.01. The monoisotopic (exact) mass is 229 g/mol. The van der Waals surface area contributed by atoms with Crippen LogP contribution in [0.2, 0.25) is 0 Å². The molecule has 6 heteroatoms. The van der Waals surface area contributed by atoms with E-state index >= 15 is 0 Å². The highest BCUT2D eigenvalue weighted by atomic mass is 32.2. The van der Waals surface area contributed by atoms with Gasteiger partial charge in [-0.3, -0.25) is 5.14 Å². The van der Waals surface area contributed by atoms with Crippen molar-refractivity contribution in [3.8, 4) is 5.75 Å². The average molecular weight is 229 g/mol. The zero-order valence-corrected chi connectivity index (χ0v) is 9.82. The molecule has 3 unspecified atom stereocenters. The van der Waals surface area contributed by atoms with Gasteiger partial charge in [-0.25, -0.2) is 14.2 Å². The van der Waals surface area contributed by atoms with Crippen molar-refractivity contribution < 1.29 is 8.95 Å². The summed E-state index contributed by atoms with van der Waals surface area (Å²) in [5.41, 5.74) is 0. The van der Waals surface area contributed by atoms with Crippen LogP contribution in [0.5, 0.6) is 5.75 Å². The minimum atomic E-state index is -1.36. The van der Waals surface area contributed by atoms with E-state index in [2.05, 4.69) is 9.97 Å². The lowest BCUT2D eigenvalue weighted by molar-refractivity contribution is 0.409. The second-order valence-corrected chi connectivity index (χ2v) is 4.70. The number of methoxy groups -OCH3 is 1. The molecule has 1 aromatic heterocycles. The molecule has 0 radical (unpaired) electrons. The maximum Gasteiger partial charge on any atom is 0.155 e. The molecule has 0 aliphatic heterocycles. The Labute approximate surface area is 91.7 Å². The van der Waals surface area contributed by atoms with E-state index in [9.17, 15) is 4.21 Å². The maximum atomic E-state index is 11.1. The first-order chi connectivity index (χ1) is 7.06. The Hall–Kier alpha value is -1.01. The van der Waals surface area contributed by atoms with Crippen molar-refractivity contribution in [3.63, 3.8) is 0 Å². The van der Waals surface area contributed by atoms with Gasteiger partial charge in [0.2, 0.25) is 0 Å². The highest BCUT2D eigenvalue weighted by Crippen LogP contribution is 2.18. The first-order valence-electron chi connectivity index (χ1n) is 4.57.